The van der Waals surface area contributed by atoms with Gasteiger partial charge in [0.25, 0.3) is 17.7 Å². The van der Waals surface area contributed by atoms with E-state index < -0.39 is 0 Å². The van der Waals surface area contributed by atoms with Crippen molar-refractivity contribution in [3.63, 3.8) is 0 Å². The van der Waals surface area contributed by atoms with Crippen LogP contribution in [0.1, 0.15) is 36.6 Å². The fourth-order valence-electron chi connectivity index (χ4n) is 3.63. The summed E-state index contributed by atoms with van der Waals surface area (Å²) in [6, 6.07) is 15.1. The molecule has 0 saturated carbocycles. The molecule has 4 rings (SSSR count). The molecule has 0 radical (unpaired) electrons. The van der Waals surface area contributed by atoms with Gasteiger partial charge in [-0.25, -0.2) is 0 Å². The molecule has 0 aliphatic carbocycles. The van der Waals surface area contributed by atoms with Crippen LogP contribution in [0.4, 0.5) is 0 Å². The minimum atomic E-state index is -0.350. The van der Waals surface area contributed by atoms with Gasteiger partial charge in [-0.15, -0.1) is 0 Å². The largest absolute Gasteiger partial charge is 0.336 e. The molecule has 2 aromatic rings. The van der Waals surface area contributed by atoms with Crippen LogP contribution in [0.5, 0.6) is 0 Å². The lowest BCUT2D eigenvalue weighted by molar-refractivity contribution is 0.0627. The van der Waals surface area contributed by atoms with Crippen molar-refractivity contribution in [3.8, 4) is 0 Å². The average molecular weight is 363 g/mol. The van der Waals surface area contributed by atoms with E-state index in [9.17, 15) is 14.4 Å². The number of amides is 3. The highest BCUT2D eigenvalue weighted by atomic mass is 16.2. The van der Waals surface area contributed by atoms with Gasteiger partial charge >= 0.3 is 0 Å². The molecule has 27 heavy (non-hydrogen) atoms. The predicted octanol–water partition coefficient (Wildman–Crippen LogP) is 1.87. The second kappa shape index (κ2) is 6.96. The number of nitrogens with zero attached hydrogens (tertiary/aromatic N) is 3. The second-order valence-electron chi connectivity index (χ2n) is 6.98. The maximum Gasteiger partial charge on any atom is 0.261 e. The predicted molar refractivity (Wildman–Crippen MR) is 100 cm³/mol. The van der Waals surface area contributed by atoms with E-state index in [0.29, 0.717) is 29.8 Å². The first-order valence-electron chi connectivity index (χ1n) is 9.06. The highest BCUT2D eigenvalue weighted by Gasteiger charge is 2.33. The zero-order chi connectivity index (χ0) is 19.0. The summed E-state index contributed by atoms with van der Waals surface area (Å²) in [5, 5.41) is 0. The first kappa shape index (κ1) is 17.4. The topological polar surface area (TPSA) is 60.9 Å². The van der Waals surface area contributed by atoms with Crippen LogP contribution >= 0.6 is 0 Å². The molecule has 0 N–H and O–H groups in total. The molecule has 2 aliphatic rings. The summed E-state index contributed by atoms with van der Waals surface area (Å²) >= 11 is 0. The summed E-state index contributed by atoms with van der Waals surface area (Å²) in [7, 11) is 1.46. The molecule has 6 nitrogen and oxygen atoms in total. The van der Waals surface area contributed by atoms with Gasteiger partial charge in [-0.05, 0) is 23.8 Å². The van der Waals surface area contributed by atoms with Crippen molar-refractivity contribution in [2.75, 3.05) is 33.2 Å². The summed E-state index contributed by atoms with van der Waals surface area (Å²) in [6.07, 6.45) is 0. The van der Waals surface area contributed by atoms with E-state index in [1.165, 1.54) is 12.6 Å². The maximum atomic E-state index is 12.8. The fourth-order valence-corrected chi connectivity index (χ4v) is 3.63. The van der Waals surface area contributed by atoms with Gasteiger partial charge in [0.1, 0.15) is 0 Å². The highest BCUT2D eigenvalue weighted by molar-refractivity contribution is 6.21. The standard InChI is InChI=1S/C21H21N3O3/c1-22-20(26)17-8-7-16(13-18(17)21(22)27)19(25)24-11-9-23(10-12-24)14-15-5-3-2-4-6-15/h2-8,13H,9-12,14H2,1H3. The number of imide groups is 1. The summed E-state index contributed by atoms with van der Waals surface area (Å²) < 4.78 is 0. The molecule has 0 unspecified atom stereocenters. The van der Waals surface area contributed by atoms with E-state index in [4.69, 9.17) is 0 Å². The molecule has 3 amide bonds. The van der Waals surface area contributed by atoms with E-state index in [1.54, 1.807) is 18.2 Å². The Morgan fingerprint density at radius 1 is 0.889 bits per heavy atom. The number of hydrogen-bond donors (Lipinski definition) is 0. The van der Waals surface area contributed by atoms with E-state index in [2.05, 4.69) is 17.0 Å². The Bertz CT molecular complexity index is 902. The molecule has 2 heterocycles. The third-order valence-electron chi connectivity index (χ3n) is 5.25. The van der Waals surface area contributed by atoms with Crippen molar-refractivity contribution in [1.29, 1.82) is 0 Å². The smallest absolute Gasteiger partial charge is 0.261 e. The zero-order valence-electron chi connectivity index (χ0n) is 15.2. The Kier molecular flexibility index (Phi) is 4.49. The lowest BCUT2D eigenvalue weighted by Crippen LogP contribution is -2.48. The number of hydrogen-bond acceptors (Lipinski definition) is 4. The van der Waals surface area contributed by atoms with Crippen molar-refractivity contribution in [1.82, 2.24) is 14.7 Å². The van der Waals surface area contributed by atoms with E-state index >= 15 is 0 Å². The van der Waals surface area contributed by atoms with Crippen molar-refractivity contribution in [2.24, 2.45) is 0 Å². The molecule has 0 spiro atoms. The monoisotopic (exact) mass is 363 g/mol. The highest BCUT2D eigenvalue weighted by Crippen LogP contribution is 2.23. The normalized spacial score (nSPS) is 17.4. The van der Waals surface area contributed by atoms with Gasteiger partial charge in [0.15, 0.2) is 0 Å². The quantitative estimate of drug-likeness (QED) is 0.781. The Labute approximate surface area is 158 Å². The van der Waals surface area contributed by atoms with Gasteiger partial charge in [0, 0.05) is 45.3 Å². The summed E-state index contributed by atoms with van der Waals surface area (Å²) in [6.45, 7) is 3.80. The van der Waals surface area contributed by atoms with Crippen molar-refractivity contribution in [2.45, 2.75) is 6.54 Å². The van der Waals surface area contributed by atoms with Crippen LogP contribution in [0.15, 0.2) is 48.5 Å². The van der Waals surface area contributed by atoms with Gasteiger partial charge < -0.3 is 4.90 Å². The van der Waals surface area contributed by atoms with E-state index in [-0.39, 0.29) is 17.7 Å². The van der Waals surface area contributed by atoms with Crippen molar-refractivity contribution in [3.05, 3.63) is 70.8 Å². The number of rotatable bonds is 3. The Balaban J connectivity index is 1.42. The second-order valence-corrected chi connectivity index (χ2v) is 6.98. The first-order valence-corrected chi connectivity index (χ1v) is 9.06. The van der Waals surface area contributed by atoms with Crippen LogP contribution in [0.25, 0.3) is 0 Å². The third kappa shape index (κ3) is 3.24. The van der Waals surface area contributed by atoms with Crippen LogP contribution in [-0.4, -0.2) is 65.6 Å². The summed E-state index contributed by atoms with van der Waals surface area (Å²) in [5.41, 5.74) is 2.41. The Hall–Kier alpha value is -2.99. The Morgan fingerprint density at radius 2 is 1.56 bits per heavy atom. The van der Waals surface area contributed by atoms with Crippen LogP contribution in [0.3, 0.4) is 0 Å². The number of piperazine rings is 1. The number of benzene rings is 2. The van der Waals surface area contributed by atoms with Gasteiger partial charge in [0.2, 0.25) is 0 Å². The van der Waals surface area contributed by atoms with Crippen LogP contribution in [0, 0.1) is 0 Å². The van der Waals surface area contributed by atoms with Crippen molar-refractivity contribution < 1.29 is 14.4 Å². The maximum absolute atomic E-state index is 12.8. The fraction of sp³-hybridized carbons (Fsp3) is 0.286. The van der Waals surface area contributed by atoms with Crippen molar-refractivity contribution >= 4 is 17.7 Å². The lowest BCUT2D eigenvalue weighted by Gasteiger charge is -2.34. The summed E-state index contributed by atoms with van der Waals surface area (Å²) in [5.74, 6) is -0.757. The van der Waals surface area contributed by atoms with Crippen LogP contribution in [0.2, 0.25) is 0 Å². The molecular formula is C21H21N3O3. The molecule has 2 aliphatic heterocycles. The molecular weight excluding hydrogens is 342 g/mol. The third-order valence-corrected chi connectivity index (χ3v) is 5.25. The number of fused-ring (bicyclic) bond motifs is 1. The molecule has 0 atom stereocenters. The molecule has 0 bridgehead atoms. The first-order chi connectivity index (χ1) is 13.0. The molecule has 0 aromatic heterocycles. The molecule has 1 saturated heterocycles. The van der Waals surface area contributed by atoms with Crippen LogP contribution < -0.4 is 0 Å². The lowest BCUT2D eigenvalue weighted by atomic mass is 10.0. The van der Waals surface area contributed by atoms with Gasteiger partial charge in [-0.3, -0.25) is 24.2 Å². The van der Waals surface area contributed by atoms with Gasteiger partial charge in [-0.1, -0.05) is 30.3 Å². The summed E-state index contributed by atoms with van der Waals surface area (Å²) in [4.78, 5) is 42.2. The Morgan fingerprint density at radius 3 is 2.26 bits per heavy atom. The average Bonchev–Trinajstić information content (AvgIpc) is 2.92. The van der Waals surface area contributed by atoms with Gasteiger partial charge in [0.05, 0.1) is 11.1 Å². The molecule has 6 heteroatoms. The SMILES string of the molecule is CN1C(=O)c2ccc(C(=O)N3CCN(Cc4ccccc4)CC3)cc2C1=O. The van der Waals surface area contributed by atoms with E-state index in [1.807, 2.05) is 23.1 Å². The molecule has 2 aromatic carbocycles. The van der Waals surface area contributed by atoms with E-state index in [0.717, 1.165) is 24.5 Å². The number of carbonyl (C=O) groups excluding carboxylic acids is 3. The molecule has 138 valence electrons. The zero-order valence-corrected chi connectivity index (χ0v) is 15.2. The minimum absolute atomic E-state index is 0.0908. The van der Waals surface area contributed by atoms with Gasteiger partial charge in [-0.2, -0.15) is 0 Å². The number of carbonyl (C=O) groups is 3. The minimum Gasteiger partial charge on any atom is -0.336 e. The molecule has 1 fully saturated rings. The van der Waals surface area contributed by atoms with Crippen LogP contribution in [-0.2, 0) is 6.54 Å².